The van der Waals surface area contributed by atoms with Crippen LogP contribution in [0.4, 0.5) is 8.78 Å². The molecule has 1 heterocycles. The first-order chi connectivity index (χ1) is 7.25. The third kappa shape index (κ3) is 2.70. The molecular weight excluding hydrogens is 214 g/mol. The fourth-order valence-electron chi connectivity index (χ4n) is 1.97. The lowest BCUT2D eigenvalue weighted by molar-refractivity contribution is -0.159. The van der Waals surface area contributed by atoms with Gasteiger partial charge in [-0.3, -0.25) is 9.69 Å². The lowest BCUT2D eigenvalue weighted by Gasteiger charge is -2.40. The first-order valence-electron chi connectivity index (χ1n) is 5.58. The molecule has 0 spiro atoms. The van der Waals surface area contributed by atoms with Gasteiger partial charge in [-0.2, -0.15) is 0 Å². The minimum absolute atomic E-state index is 0.154. The van der Waals surface area contributed by atoms with Crippen LogP contribution in [-0.4, -0.2) is 54.9 Å². The normalized spacial score (nSPS) is 25.8. The van der Waals surface area contributed by atoms with E-state index in [1.165, 1.54) is 19.0 Å². The fraction of sp³-hybridized carbons (Fsp3) is 0.909. The van der Waals surface area contributed by atoms with Crippen LogP contribution in [-0.2, 0) is 4.79 Å². The second-order valence-corrected chi connectivity index (χ2v) is 4.88. The summed E-state index contributed by atoms with van der Waals surface area (Å²) in [5.41, 5.74) is 0. The zero-order valence-electron chi connectivity index (χ0n) is 10.3. The molecule has 0 saturated carbocycles. The molecule has 1 rings (SSSR count). The van der Waals surface area contributed by atoms with Crippen molar-refractivity contribution in [3.05, 3.63) is 0 Å². The van der Waals surface area contributed by atoms with Gasteiger partial charge in [0.2, 0.25) is 5.91 Å². The van der Waals surface area contributed by atoms with E-state index in [4.69, 9.17) is 0 Å². The van der Waals surface area contributed by atoms with Gasteiger partial charge < -0.3 is 4.90 Å². The number of alkyl halides is 2. The fourth-order valence-corrected chi connectivity index (χ4v) is 1.97. The maximum Gasteiger partial charge on any atom is 0.262 e. The first kappa shape index (κ1) is 13.4. The van der Waals surface area contributed by atoms with Crippen molar-refractivity contribution in [2.45, 2.75) is 32.2 Å². The molecular formula is C11H20F2N2O. The van der Waals surface area contributed by atoms with Crippen molar-refractivity contribution < 1.29 is 13.6 Å². The van der Waals surface area contributed by atoms with Gasteiger partial charge in [-0.05, 0) is 13.8 Å². The van der Waals surface area contributed by atoms with Gasteiger partial charge in [0.05, 0.1) is 0 Å². The van der Waals surface area contributed by atoms with Crippen LogP contribution in [0, 0.1) is 5.92 Å². The Morgan fingerprint density at radius 1 is 1.44 bits per heavy atom. The first-order valence-corrected chi connectivity index (χ1v) is 5.58. The summed E-state index contributed by atoms with van der Waals surface area (Å²) in [6, 6.07) is 0.202. The topological polar surface area (TPSA) is 23.6 Å². The third-order valence-corrected chi connectivity index (χ3v) is 3.13. The van der Waals surface area contributed by atoms with Crippen molar-refractivity contribution in [2.75, 3.05) is 27.2 Å². The highest BCUT2D eigenvalue weighted by Gasteiger charge is 2.48. The Labute approximate surface area is 95.4 Å². The molecule has 0 radical (unpaired) electrons. The Balaban J connectivity index is 2.80. The van der Waals surface area contributed by atoms with Crippen LogP contribution in [0.2, 0.25) is 0 Å². The van der Waals surface area contributed by atoms with Crippen LogP contribution < -0.4 is 0 Å². The molecule has 1 aliphatic rings. The summed E-state index contributed by atoms with van der Waals surface area (Å²) in [7, 11) is 3.04. The Morgan fingerprint density at radius 2 is 2.00 bits per heavy atom. The molecule has 0 N–H and O–H groups in total. The van der Waals surface area contributed by atoms with E-state index in [9.17, 15) is 13.6 Å². The summed E-state index contributed by atoms with van der Waals surface area (Å²) in [6.45, 7) is 4.44. The minimum atomic E-state index is -2.87. The summed E-state index contributed by atoms with van der Waals surface area (Å²) in [5, 5.41) is 0. The minimum Gasteiger partial charge on any atom is -0.348 e. The summed E-state index contributed by atoms with van der Waals surface area (Å²) >= 11 is 0. The predicted octanol–water partition coefficient (Wildman–Crippen LogP) is 1.44. The quantitative estimate of drug-likeness (QED) is 0.722. The Bertz CT molecular complexity index is 267. The number of halogens is 2. The highest BCUT2D eigenvalue weighted by atomic mass is 19.3. The molecule has 1 fully saturated rings. The van der Waals surface area contributed by atoms with E-state index < -0.39 is 17.7 Å². The number of likely N-dealkylation sites (tertiary alicyclic amines) is 1. The molecule has 16 heavy (non-hydrogen) atoms. The molecule has 3 nitrogen and oxygen atoms in total. The highest BCUT2D eigenvalue weighted by Crippen LogP contribution is 2.34. The lowest BCUT2D eigenvalue weighted by atomic mass is 9.91. The van der Waals surface area contributed by atoms with Gasteiger partial charge in [0, 0.05) is 39.6 Å². The average molecular weight is 234 g/mol. The Kier molecular flexibility index (Phi) is 3.88. The molecule has 94 valence electrons. The second-order valence-electron chi connectivity index (χ2n) is 4.88. The zero-order valence-corrected chi connectivity index (χ0v) is 10.3. The zero-order chi connectivity index (χ0) is 12.5. The van der Waals surface area contributed by atoms with Crippen LogP contribution in [0.15, 0.2) is 0 Å². The summed E-state index contributed by atoms with van der Waals surface area (Å²) in [4.78, 5) is 14.9. The number of rotatable bonds is 2. The molecule has 1 saturated heterocycles. The second kappa shape index (κ2) is 4.65. The van der Waals surface area contributed by atoms with Gasteiger partial charge >= 0.3 is 0 Å². The number of amides is 1. The van der Waals surface area contributed by atoms with E-state index in [0.29, 0.717) is 6.54 Å². The van der Waals surface area contributed by atoms with Gasteiger partial charge in [0.1, 0.15) is 5.92 Å². The molecule has 0 aliphatic carbocycles. The molecule has 5 heteroatoms. The number of carbonyl (C=O) groups is 1. The smallest absolute Gasteiger partial charge is 0.262 e. The van der Waals surface area contributed by atoms with Crippen LogP contribution in [0.25, 0.3) is 0 Å². The number of hydrogen-bond donors (Lipinski definition) is 0. The van der Waals surface area contributed by atoms with E-state index in [2.05, 4.69) is 0 Å². The van der Waals surface area contributed by atoms with Crippen molar-refractivity contribution in [1.29, 1.82) is 0 Å². The van der Waals surface area contributed by atoms with Crippen LogP contribution >= 0.6 is 0 Å². The largest absolute Gasteiger partial charge is 0.348 e. The Morgan fingerprint density at radius 3 is 2.44 bits per heavy atom. The van der Waals surface area contributed by atoms with E-state index in [1.54, 1.807) is 0 Å². The van der Waals surface area contributed by atoms with Gasteiger partial charge in [0.15, 0.2) is 0 Å². The van der Waals surface area contributed by atoms with Crippen LogP contribution in [0.3, 0.4) is 0 Å². The highest BCUT2D eigenvalue weighted by molar-refractivity contribution is 5.79. The standard InChI is InChI=1S/C11H20F2N2O/c1-8(2)15-6-5-11(12,13)9(7-15)10(16)14(3)4/h8-9H,5-7H2,1-4H3. The van der Waals surface area contributed by atoms with Crippen LogP contribution in [0.5, 0.6) is 0 Å². The maximum atomic E-state index is 13.6. The SMILES string of the molecule is CC(C)N1CCC(F)(F)C(C(=O)N(C)C)C1. The molecule has 1 atom stereocenters. The molecule has 0 aromatic rings. The van der Waals surface area contributed by atoms with E-state index in [1.807, 2.05) is 18.7 Å². The Hall–Kier alpha value is -0.710. The van der Waals surface area contributed by atoms with Crippen molar-refractivity contribution in [1.82, 2.24) is 9.80 Å². The van der Waals surface area contributed by atoms with E-state index >= 15 is 0 Å². The van der Waals surface area contributed by atoms with Gasteiger partial charge in [-0.15, -0.1) is 0 Å². The van der Waals surface area contributed by atoms with E-state index in [0.717, 1.165) is 0 Å². The molecule has 1 amide bonds. The summed E-state index contributed by atoms with van der Waals surface area (Å²) in [6.07, 6.45) is -0.227. The monoisotopic (exact) mass is 234 g/mol. The lowest BCUT2D eigenvalue weighted by Crippen LogP contribution is -2.54. The number of hydrogen-bond acceptors (Lipinski definition) is 2. The molecule has 0 aromatic carbocycles. The van der Waals surface area contributed by atoms with Crippen molar-refractivity contribution in [2.24, 2.45) is 5.92 Å². The third-order valence-electron chi connectivity index (χ3n) is 3.13. The van der Waals surface area contributed by atoms with Crippen LogP contribution in [0.1, 0.15) is 20.3 Å². The van der Waals surface area contributed by atoms with Crippen molar-refractivity contribution in [3.8, 4) is 0 Å². The van der Waals surface area contributed by atoms with E-state index in [-0.39, 0.29) is 19.0 Å². The van der Waals surface area contributed by atoms with Gasteiger partial charge in [0.25, 0.3) is 5.92 Å². The molecule has 1 unspecified atom stereocenters. The van der Waals surface area contributed by atoms with Crippen molar-refractivity contribution in [3.63, 3.8) is 0 Å². The number of piperidine rings is 1. The number of carbonyl (C=O) groups excluding carboxylic acids is 1. The maximum absolute atomic E-state index is 13.6. The molecule has 0 bridgehead atoms. The summed E-state index contributed by atoms with van der Waals surface area (Å²) in [5.74, 6) is -4.54. The van der Waals surface area contributed by atoms with Gasteiger partial charge in [-0.1, -0.05) is 0 Å². The summed E-state index contributed by atoms with van der Waals surface area (Å²) < 4.78 is 27.3. The molecule has 0 aromatic heterocycles. The molecule has 1 aliphatic heterocycles. The number of nitrogens with zero attached hydrogens (tertiary/aromatic N) is 2. The van der Waals surface area contributed by atoms with Gasteiger partial charge in [-0.25, -0.2) is 8.78 Å². The average Bonchev–Trinajstić information content (AvgIpc) is 2.15. The van der Waals surface area contributed by atoms with Crippen molar-refractivity contribution >= 4 is 5.91 Å². The predicted molar refractivity (Wildman–Crippen MR) is 58.5 cm³/mol.